The largest absolute Gasteiger partial charge is 0.439 e. The minimum atomic E-state index is -0.759. The summed E-state index contributed by atoms with van der Waals surface area (Å²) in [5, 5.41) is 3.26. The number of carbonyl (C=O) groups is 1. The van der Waals surface area contributed by atoms with Crippen molar-refractivity contribution in [2.75, 3.05) is 11.1 Å². The molecule has 3 N–H and O–H groups in total. The number of amidine groups is 1. The van der Waals surface area contributed by atoms with Crippen LogP contribution in [-0.4, -0.2) is 21.8 Å². The molecule has 0 aliphatic carbocycles. The minimum Gasteiger partial charge on any atom is -0.439 e. The number of hydrogen-bond acceptors (Lipinski definition) is 6. The van der Waals surface area contributed by atoms with E-state index < -0.39 is 5.54 Å². The van der Waals surface area contributed by atoms with Crippen LogP contribution in [0, 0.1) is 5.82 Å². The monoisotopic (exact) mass is 436 g/mol. The van der Waals surface area contributed by atoms with Gasteiger partial charge in [0.2, 0.25) is 5.88 Å². The lowest BCUT2D eigenvalue weighted by molar-refractivity contribution is 0.102. The van der Waals surface area contributed by atoms with Gasteiger partial charge in [-0.1, -0.05) is 17.8 Å². The van der Waals surface area contributed by atoms with E-state index >= 15 is 0 Å². The zero-order chi connectivity index (χ0) is 21.8. The lowest BCUT2D eigenvalue weighted by atomic mass is 9.89. The third-order valence-electron chi connectivity index (χ3n) is 4.98. The Hall–Kier alpha value is -3.39. The molecule has 0 radical (unpaired) electrons. The minimum absolute atomic E-state index is 0.311. The summed E-state index contributed by atoms with van der Waals surface area (Å²) in [5.74, 6) is 1.11. The molecule has 1 aliphatic heterocycles. The summed E-state index contributed by atoms with van der Waals surface area (Å²) in [5.41, 5.74) is 6.45. The first-order valence-electron chi connectivity index (χ1n) is 9.71. The molecule has 0 saturated heterocycles. The molecule has 2 aromatic carbocycles. The van der Waals surface area contributed by atoms with Crippen molar-refractivity contribution in [3.63, 3.8) is 0 Å². The fourth-order valence-corrected chi connectivity index (χ4v) is 4.28. The molecule has 6 nitrogen and oxygen atoms in total. The van der Waals surface area contributed by atoms with E-state index in [4.69, 9.17) is 10.5 Å². The number of aromatic nitrogens is 1. The highest BCUT2D eigenvalue weighted by atomic mass is 32.2. The average molecular weight is 437 g/mol. The number of aliphatic imine (C=N–C) groups is 1. The molecule has 158 valence electrons. The fraction of sp³-hybridized carbons (Fsp3) is 0.174. The van der Waals surface area contributed by atoms with Gasteiger partial charge in [0.1, 0.15) is 11.6 Å². The van der Waals surface area contributed by atoms with Crippen molar-refractivity contribution in [2.24, 2.45) is 10.7 Å². The van der Waals surface area contributed by atoms with Crippen LogP contribution in [0.5, 0.6) is 11.6 Å². The lowest BCUT2D eigenvalue weighted by Gasteiger charge is -2.30. The Kier molecular flexibility index (Phi) is 5.90. The molecule has 31 heavy (non-hydrogen) atoms. The number of nitrogens with zero attached hydrogens (tertiary/aromatic N) is 2. The van der Waals surface area contributed by atoms with Crippen molar-refractivity contribution >= 4 is 28.5 Å². The van der Waals surface area contributed by atoms with E-state index in [0.29, 0.717) is 40.0 Å². The molecule has 1 atom stereocenters. The number of halogens is 1. The van der Waals surface area contributed by atoms with Gasteiger partial charge in [0.15, 0.2) is 5.17 Å². The molecule has 8 heteroatoms. The van der Waals surface area contributed by atoms with Gasteiger partial charge in [-0.05, 0) is 61.9 Å². The number of ether oxygens (including phenoxy) is 1. The maximum absolute atomic E-state index is 14.6. The standard InChI is InChI=1S/C23H21FN4O2S/c1-23(11-13-31-22(25)28-23)18-14-16(7-10-19(18)24)27-21(29)15-5-8-17(9-6-15)30-20-4-2-3-12-26-20/h2-10,12,14H,11,13H2,1H3,(H2,25,28)(H,27,29). The predicted molar refractivity (Wildman–Crippen MR) is 121 cm³/mol. The van der Waals surface area contributed by atoms with Crippen LogP contribution in [0.25, 0.3) is 0 Å². The number of nitrogens with one attached hydrogen (secondary N) is 1. The van der Waals surface area contributed by atoms with Crippen LogP contribution in [0.4, 0.5) is 10.1 Å². The molecule has 2 heterocycles. The van der Waals surface area contributed by atoms with Crippen molar-refractivity contribution in [3.05, 3.63) is 83.8 Å². The van der Waals surface area contributed by atoms with Gasteiger partial charge in [-0.25, -0.2) is 9.37 Å². The van der Waals surface area contributed by atoms with Crippen molar-refractivity contribution in [1.82, 2.24) is 4.98 Å². The van der Waals surface area contributed by atoms with E-state index in [1.807, 2.05) is 13.0 Å². The van der Waals surface area contributed by atoms with E-state index in [1.165, 1.54) is 23.9 Å². The summed E-state index contributed by atoms with van der Waals surface area (Å²) in [6.45, 7) is 1.85. The summed E-state index contributed by atoms with van der Waals surface area (Å²) in [4.78, 5) is 21.2. The molecule has 0 fully saturated rings. The highest BCUT2D eigenvalue weighted by molar-refractivity contribution is 8.13. The molecule has 0 saturated carbocycles. The molecule has 1 unspecified atom stereocenters. The van der Waals surface area contributed by atoms with Gasteiger partial charge in [0.05, 0.1) is 5.54 Å². The Labute approximate surface area is 183 Å². The molecule has 3 aromatic rings. The van der Waals surface area contributed by atoms with E-state index in [-0.39, 0.29) is 11.7 Å². The zero-order valence-electron chi connectivity index (χ0n) is 16.8. The molecule has 0 bridgehead atoms. The molecular formula is C23H21FN4O2S. The molecular weight excluding hydrogens is 415 g/mol. The van der Waals surface area contributed by atoms with E-state index in [9.17, 15) is 9.18 Å². The first kappa shape index (κ1) is 20.9. The molecule has 4 rings (SSSR count). The van der Waals surface area contributed by atoms with E-state index in [0.717, 1.165) is 5.75 Å². The summed E-state index contributed by atoms with van der Waals surface area (Å²) in [7, 11) is 0. The van der Waals surface area contributed by atoms with Gasteiger partial charge in [0, 0.05) is 34.8 Å². The number of hydrogen-bond donors (Lipinski definition) is 2. The van der Waals surface area contributed by atoms with Gasteiger partial charge in [-0.15, -0.1) is 0 Å². The molecule has 1 aromatic heterocycles. The maximum Gasteiger partial charge on any atom is 0.255 e. The van der Waals surface area contributed by atoms with Crippen molar-refractivity contribution in [2.45, 2.75) is 18.9 Å². The van der Waals surface area contributed by atoms with Gasteiger partial charge in [-0.3, -0.25) is 9.79 Å². The Bertz CT molecular complexity index is 1120. The number of anilines is 1. The first-order chi connectivity index (χ1) is 14.9. The number of nitrogens with two attached hydrogens (primary N) is 1. The van der Waals surface area contributed by atoms with Crippen LogP contribution in [0.2, 0.25) is 0 Å². The summed E-state index contributed by atoms with van der Waals surface area (Å²) < 4.78 is 20.2. The quantitative estimate of drug-likeness (QED) is 0.592. The third-order valence-corrected chi connectivity index (χ3v) is 5.77. The molecule has 1 aliphatic rings. The van der Waals surface area contributed by atoms with E-state index in [1.54, 1.807) is 48.7 Å². The average Bonchev–Trinajstić information content (AvgIpc) is 2.76. The van der Waals surface area contributed by atoms with Crippen molar-refractivity contribution < 1.29 is 13.9 Å². The topological polar surface area (TPSA) is 89.6 Å². The second-order valence-corrected chi connectivity index (χ2v) is 8.38. The summed E-state index contributed by atoms with van der Waals surface area (Å²) in [6, 6.07) is 16.6. The maximum atomic E-state index is 14.6. The predicted octanol–water partition coefficient (Wildman–Crippen LogP) is 4.93. The van der Waals surface area contributed by atoms with Gasteiger partial charge in [0.25, 0.3) is 5.91 Å². The van der Waals surface area contributed by atoms with Gasteiger partial charge >= 0.3 is 0 Å². The summed E-state index contributed by atoms with van der Waals surface area (Å²) in [6.07, 6.45) is 2.30. The second-order valence-electron chi connectivity index (χ2n) is 7.27. The smallest absolute Gasteiger partial charge is 0.255 e. The number of pyridine rings is 1. The van der Waals surface area contributed by atoms with Crippen LogP contribution in [0.3, 0.4) is 0 Å². The van der Waals surface area contributed by atoms with Gasteiger partial charge in [-0.2, -0.15) is 0 Å². The Morgan fingerprint density at radius 2 is 2.00 bits per heavy atom. The number of carbonyl (C=O) groups excluding carboxylic acids is 1. The van der Waals surface area contributed by atoms with Crippen LogP contribution in [0.15, 0.2) is 71.9 Å². The van der Waals surface area contributed by atoms with Crippen LogP contribution in [-0.2, 0) is 5.54 Å². The SMILES string of the molecule is CC1(c2cc(NC(=O)c3ccc(Oc4ccccn4)cc3)ccc2F)CCSC(N)=N1. The van der Waals surface area contributed by atoms with Crippen molar-refractivity contribution in [1.29, 1.82) is 0 Å². The Morgan fingerprint density at radius 1 is 1.19 bits per heavy atom. The summed E-state index contributed by atoms with van der Waals surface area (Å²) >= 11 is 1.46. The van der Waals surface area contributed by atoms with Crippen LogP contribution >= 0.6 is 11.8 Å². The highest BCUT2D eigenvalue weighted by Crippen LogP contribution is 2.37. The lowest BCUT2D eigenvalue weighted by Crippen LogP contribution is -2.29. The number of benzene rings is 2. The van der Waals surface area contributed by atoms with Crippen LogP contribution in [0.1, 0.15) is 29.3 Å². The zero-order valence-corrected chi connectivity index (χ0v) is 17.7. The number of amides is 1. The normalized spacial score (nSPS) is 18.2. The van der Waals surface area contributed by atoms with Crippen molar-refractivity contribution in [3.8, 4) is 11.6 Å². The third kappa shape index (κ3) is 4.86. The number of rotatable bonds is 5. The van der Waals surface area contributed by atoms with Crippen LogP contribution < -0.4 is 15.8 Å². The first-order valence-corrected chi connectivity index (χ1v) is 10.7. The van der Waals surface area contributed by atoms with E-state index in [2.05, 4.69) is 15.3 Å². The Morgan fingerprint density at radius 3 is 2.71 bits per heavy atom. The Balaban J connectivity index is 1.49. The number of thioether (sulfide) groups is 1. The second kappa shape index (κ2) is 8.77. The van der Waals surface area contributed by atoms with Gasteiger partial charge < -0.3 is 15.8 Å². The molecule has 1 amide bonds. The fourth-order valence-electron chi connectivity index (χ4n) is 3.30. The molecule has 0 spiro atoms. The highest BCUT2D eigenvalue weighted by Gasteiger charge is 2.32.